The third-order valence-electron chi connectivity index (χ3n) is 3.88. The number of hydrogen-bond acceptors (Lipinski definition) is 5. The Morgan fingerprint density at radius 1 is 1.12 bits per heavy atom. The van der Waals surface area contributed by atoms with Gasteiger partial charge in [-0.2, -0.15) is 0 Å². The predicted molar refractivity (Wildman–Crippen MR) is 97.5 cm³/mol. The van der Waals surface area contributed by atoms with Crippen molar-refractivity contribution in [1.82, 2.24) is 0 Å². The third-order valence-corrected chi connectivity index (χ3v) is 5.00. The lowest BCUT2D eigenvalue weighted by Gasteiger charge is -2.06. The Kier molecular flexibility index (Phi) is 5.93. The normalized spacial score (nSPS) is 10.4. The molecule has 7 heteroatoms. The molecule has 1 aromatic carbocycles. The van der Waals surface area contributed by atoms with Gasteiger partial charge in [0.25, 0.3) is 5.91 Å². The van der Waals surface area contributed by atoms with Crippen molar-refractivity contribution in [2.45, 2.75) is 26.7 Å². The highest BCUT2D eigenvalue weighted by Gasteiger charge is 2.19. The maximum Gasteiger partial charge on any atom is 0.251 e. The van der Waals surface area contributed by atoms with Gasteiger partial charge in [-0.05, 0) is 43.7 Å². The number of ketones is 1. The first-order valence-electron chi connectivity index (χ1n) is 7.70. The van der Waals surface area contributed by atoms with Gasteiger partial charge in [-0.1, -0.05) is 0 Å². The average molecular weight is 360 g/mol. The summed E-state index contributed by atoms with van der Waals surface area (Å²) in [6.45, 7) is 3.64. The molecular weight excluding hydrogens is 340 g/mol. The van der Waals surface area contributed by atoms with E-state index >= 15 is 0 Å². The highest BCUT2D eigenvalue weighted by molar-refractivity contribution is 7.16. The van der Waals surface area contributed by atoms with Gasteiger partial charge in [0.05, 0.1) is 12.7 Å². The second kappa shape index (κ2) is 7.94. The molecule has 25 heavy (non-hydrogen) atoms. The number of aryl methyl sites for hydroxylation is 1. The number of primary amides is 1. The minimum absolute atomic E-state index is 0.0268. The Morgan fingerprint density at radius 2 is 1.76 bits per heavy atom. The Balaban J connectivity index is 1.98. The molecule has 0 radical (unpaired) electrons. The first-order chi connectivity index (χ1) is 11.8. The molecule has 0 spiro atoms. The zero-order chi connectivity index (χ0) is 18.6. The number of carbonyl (C=O) groups excluding carboxylic acids is 3. The third kappa shape index (κ3) is 4.45. The van der Waals surface area contributed by atoms with Crippen molar-refractivity contribution >= 4 is 33.9 Å². The molecule has 0 saturated heterocycles. The van der Waals surface area contributed by atoms with E-state index in [1.807, 2.05) is 6.92 Å². The number of nitrogens with one attached hydrogen (secondary N) is 1. The number of anilines is 1. The molecule has 3 N–H and O–H groups in total. The minimum Gasteiger partial charge on any atom is -0.497 e. The van der Waals surface area contributed by atoms with Crippen LogP contribution in [0.2, 0.25) is 0 Å². The van der Waals surface area contributed by atoms with Crippen LogP contribution in [0.25, 0.3) is 0 Å². The molecule has 0 fully saturated rings. The van der Waals surface area contributed by atoms with Gasteiger partial charge in [-0.25, -0.2) is 0 Å². The number of rotatable bonds is 7. The number of benzene rings is 1. The number of carbonyl (C=O) groups is 3. The van der Waals surface area contributed by atoms with Gasteiger partial charge >= 0.3 is 0 Å². The molecule has 1 heterocycles. The zero-order valence-corrected chi connectivity index (χ0v) is 15.2. The molecule has 132 valence electrons. The molecule has 0 aliphatic carbocycles. The number of ether oxygens (including phenoxy) is 1. The minimum atomic E-state index is -0.577. The van der Waals surface area contributed by atoms with Crippen molar-refractivity contribution in [3.05, 3.63) is 45.8 Å². The van der Waals surface area contributed by atoms with E-state index in [0.717, 1.165) is 10.4 Å². The van der Waals surface area contributed by atoms with E-state index in [-0.39, 0.29) is 24.5 Å². The summed E-state index contributed by atoms with van der Waals surface area (Å²) in [4.78, 5) is 36.7. The van der Waals surface area contributed by atoms with Gasteiger partial charge in [-0.15, -0.1) is 11.3 Å². The lowest BCUT2D eigenvalue weighted by molar-refractivity contribution is -0.116. The SMILES string of the molecule is COc1ccc(C(=O)CCC(=O)Nc2sc(C)c(C)c2C(N)=O)cc1. The van der Waals surface area contributed by atoms with Crippen molar-refractivity contribution in [1.29, 1.82) is 0 Å². The summed E-state index contributed by atoms with van der Waals surface area (Å²) in [5, 5.41) is 3.12. The number of nitrogens with two attached hydrogens (primary N) is 1. The second-order valence-electron chi connectivity index (χ2n) is 5.55. The second-order valence-corrected chi connectivity index (χ2v) is 6.78. The molecule has 2 amide bonds. The van der Waals surface area contributed by atoms with Gasteiger partial charge in [0, 0.05) is 23.3 Å². The highest BCUT2D eigenvalue weighted by Crippen LogP contribution is 2.32. The maximum absolute atomic E-state index is 12.1. The molecule has 0 unspecified atom stereocenters. The fourth-order valence-electron chi connectivity index (χ4n) is 2.35. The average Bonchev–Trinajstić information content (AvgIpc) is 2.86. The Labute approximate surface area is 150 Å². The van der Waals surface area contributed by atoms with Gasteiger partial charge < -0.3 is 15.8 Å². The molecule has 2 aromatic rings. The van der Waals surface area contributed by atoms with Crippen molar-refractivity contribution in [2.24, 2.45) is 5.73 Å². The quantitative estimate of drug-likeness (QED) is 0.741. The van der Waals surface area contributed by atoms with Gasteiger partial charge in [0.1, 0.15) is 10.8 Å². The van der Waals surface area contributed by atoms with Crippen LogP contribution >= 0.6 is 11.3 Å². The van der Waals surface area contributed by atoms with Crippen LogP contribution in [-0.2, 0) is 4.79 Å². The lowest BCUT2D eigenvalue weighted by Crippen LogP contribution is -2.18. The van der Waals surface area contributed by atoms with Crippen LogP contribution in [0.15, 0.2) is 24.3 Å². The Morgan fingerprint density at radius 3 is 2.32 bits per heavy atom. The number of amides is 2. The molecule has 0 atom stereocenters. The number of methoxy groups -OCH3 is 1. The van der Waals surface area contributed by atoms with Crippen molar-refractivity contribution in [3.8, 4) is 5.75 Å². The van der Waals surface area contributed by atoms with E-state index in [1.165, 1.54) is 11.3 Å². The van der Waals surface area contributed by atoms with Crippen LogP contribution < -0.4 is 15.8 Å². The number of Topliss-reactive ketones (excluding diaryl/α,β-unsaturated/α-hetero) is 1. The summed E-state index contributed by atoms with van der Waals surface area (Å²) in [5.74, 6) is -0.375. The summed E-state index contributed by atoms with van der Waals surface area (Å²) in [5.41, 5.74) is 7.00. The van der Waals surface area contributed by atoms with Crippen molar-refractivity contribution < 1.29 is 19.1 Å². The molecular formula is C18H20N2O4S. The van der Waals surface area contributed by atoms with Crippen LogP contribution in [0.1, 0.15) is 44.0 Å². The zero-order valence-electron chi connectivity index (χ0n) is 14.3. The Hall–Kier alpha value is -2.67. The molecule has 2 rings (SSSR count). The first kappa shape index (κ1) is 18.7. The van der Waals surface area contributed by atoms with E-state index in [9.17, 15) is 14.4 Å². The van der Waals surface area contributed by atoms with E-state index in [1.54, 1.807) is 38.3 Å². The van der Waals surface area contributed by atoms with E-state index < -0.39 is 5.91 Å². The van der Waals surface area contributed by atoms with Crippen LogP contribution in [0.4, 0.5) is 5.00 Å². The molecule has 0 bridgehead atoms. The summed E-state index contributed by atoms with van der Waals surface area (Å²) in [6.07, 6.45) is 0.104. The van der Waals surface area contributed by atoms with Gasteiger partial charge in [0.2, 0.25) is 5.91 Å². The fraction of sp³-hybridized carbons (Fsp3) is 0.278. The Bertz CT molecular complexity index is 809. The summed E-state index contributed by atoms with van der Waals surface area (Å²) in [7, 11) is 1.55. The van der Waals surface area contributed by atoms with Crippen LogP contribution in [0.5, 0.6) is 5.75 Å². The standard InChI is InChI=1S/C18H20N2O4S/c1-10-11(2)25-18(16(10)17(19)23)20-15(22)9-8-14(21)12-4-6-13(24-3)7-5-12/h4-7H,8-9H2,1-3H3,(H2,19,23)(H,20,22). The van der Waals surface area contributed by atoms with Crippen LogP contribution in [-0.4, -0.2) is 24.7 Å². The largest absolute Gasteiger partial charge is 0.497 e. The predicted octanol–water partition coefficient (Wildman–Crippen LogP) is 3.07. The molecule has 0 aliphatic heterocycles. The van der Waals surface area contributed by atoms with Gasteiger partial charge in [-0.3, -0.25) is 14.4 Å². The summed E-state index contributed by atoms with van der Waals surface area (Å²) < 4.78 is 5.04. The van der Waals surface area contributed by atoms with Crippen molar-refractivity contribution in [2.75, 3.05) is 12.4 Å². The van der Waals surface area contributed by atoms with Crippen LogP contribution in [0.3, 0.4) is 0 Å². The van der Waals surface area contributed by atoms with Crippen molar-refractivity contribution in [3.63, 3.8) is 0 Å². The highest BCUT2D eigenvalue weighted by atomic mass is 32.1. The monoisotopic (exact) mass is 360 g/mol. The molecule has 1 aromatic heterocycles. The summed E-state index contributed by atoms with van der Waals surface area (Å²) >= 11 is 1.30. The molecule has 6 nitrogen and oxygen atoms in total. The first-order valence-corrected chi connectivity index (χ1v) is 8.52. The van der Waals surface area contributed by atoms with E-state index in [2.05, 4.69) is 5.32 Å². The fourth-order valence-corrected chi connectivity index (χ4v) is 3.43. The topological polar surface area (TPSA) is 98.5 Å². The lowest BCUT2D eigenvalue weighted by atomic mass is 10.1. The number of thiophene rings is 1. The summed E-state index contributed by atoms with van der Waals surface area (Å²) in [6, 6.07) is 6.72. The van der Waals surface area contributed by atoms with Crippen LogP contribution in [0, 0.1) is 13.8 Å². The molecule has 0 aliphatic rings. The smallest absolute Gasteiger partial charge is 0.251 e. The van der Waals surface area contributed by atoms with Gasteiger partial charge in [0.15, 0.2) is 5.78 Å². The maximum atomic E-state index is 12.1. The molecule has 0 saturated carbocycles. The van der Waals surface area contributed by atoms with E-state index in [0.29, 0.717) is 21.9 Å². The number of hydrogen-bond donors (Lipinski definition) is 2. The van der Waals surface area contributed by atoms with E-state index in [4.69, 9.17) is 10.5 Å².